The Kier molecular flexibility index (Phi) is 3.52. The van der Waals surface area contributed by atoms with Crippen molar-refractivity contribution >= 4 is 0 Å². The minimum absolute atomic E-state index is 0.205. The third-order valence-corrected chi connectivity index (χ3v) is 3.78. The first kappa shape index (κ1) is 12.0. The highest BCUT2D eigenvalue weighted by Gasteiger charge is 2.23. The second kappa shape index (κ2) is 5.29. The molecule has 0 saturated carbocycles. The molecular weight excluding hydrogens is 226 g/mol. The highest BCUT2D eigenvalue weighted by atomic mass is 16.5. The second-order valence-electron chi connectivity index (χ2n) is 5.45. The fraction of sp³-hybridized carbons (Fsp3) is 0.600. The Bertz CT molecular complexity index is 413. The van der Waals surface area contributed by atoms with Crippen molar-refractivity contribution in [2.45, 2.75) is 25.9 Å². The van der Waals surface area contributed by atoms with Gasteiger partial charge in [-0.1, -0.05) is 17.7 Å². The van der Waals surface area contributed by atoms with E-state index in [1.165, 1.54) is 17.5 Å². The first-order valence-corrected chi connectivity index (χ1v) is 6.86. The highest BCUT2D eigenvalue weighted by molar-refractivity contribution is 5.40. The average molecular weight is 247 g/mol. The Morgan fingerprint density at radius 2 is 2.33 bits per heavy atom. The lowest BCUT2D eigenvalue weighted by atomic mass is 10.1. The lowest BCUT2D eigenvalue weighted by Crippen LogP contribution is -2.23. The molecule has 2 atom stereocenters. The van der Waals surface area contributed by atoms with E-state index in [0.29, 0.717) is 12.5 Å². The highest BCUT2D eigenvalue weighted by Crippen LogP contribution is 2.29. The predicted octanol–water partition coefficient (Wildman–Crippen LogP) is 1.92. The van der Waals surface area contributed by atoms with Gasteiger partial charge in [0.05, 0.1) is 13.2 Å². The average Bonchev–Trinajstić information content (AvgIpc) is 2.97. The van der Waals surface area contributed by atoms with Crippen LogP contribution < -0.4 is 10.1 Å². The molecule has 2 aliphatic rings. The molecule has 2 heterocycles. The van der Waals surface area contributed by atoms with Gasteiger partial charge in [0.25, 0.3) is 0 Å². The SMILES string of the molecule is Cc1ccc2c(c1)CC(COCC1CCNC1)O2. The van der Waals surface area contributed by atoms with Crippen molar-refractivity contribution in [3.8, 4) is 5.75 Å². The van der Waals surface area contributed by atoms with E-state index in [1.54, 1.807) is 0 Å². The molecule has 1 fully saturated rings. The molecule has 1 aromatic carbocycles. The molecule has 0 radical (unpaired) electrons. The van der Waals surface area contributed by atoms with E-state index in [9.17, 15) is 0 Å². The molecule has 1 N–H and O–H groups in total. The number of rotatable bonds is 4. The summed E-state index contributed by atoms with van der Waals surface area (Å²) in [5, 5.41) is 3.36. The zero-order valence-corrected chi connectivity index (χ0v) is 10.9. The van der Waals surface area contributed by atoms with Gasteiger partial charge in [-0.25, -0.2) is 0 Å². The Morgan fingerprint density at radius 1 is 1.39 bits per heavy atom. The molecule has 2 unspecified atom stereocenters. The van der Waals surface area contributed by atoms with Crippen LogP contribution in [0, 0.1) is 12.8 Å². The standard InChI is InChI=1S/C15H21NO2/c1-11-2-3-15-13(6-11)7-14(18-15)10-17-9-12-4-5-16-8-12/h2-3,6,12,14,16H,4-5,7-10H2,1H3. The van der Waals surface area contributed by atoms with Crippen LogP contribution in [0.1, 0.15) is 17.5 Å². The zero-order valence-electron chi connectivity index (χ0n) is 10.9. The van der Waals surface area contributed by atoms with Crippen molar-refractivity contribution < 1.29 is 9.47 Å². The molecule has 18 heavy (non-hydrogen) atoms. The van der Waals surface area contributed by atoms with Gasteiger partial charge in [-0.2, -0.15) is 0 Å². The Balaban J connectivity index is 1.46. The van der Waals surface area contributed by atoms with E-state index in [0.717, 1.165) is 31.9 Å². The van der Waals surface area contributed by atoms with E-state index in [2.05, 4.69) is 30.4 Å². The van der Waals surface area contributed by atoms with Crippen LogP contribution in [0.5, 0.6) is 5.75 Å². The molecule has 1 saturated heterocycles. The molecule has 98 valence electrons. The van der Waals surface area contributed by atoms with Crippen LogP contribution in [-0.4, -0.2) is 32.4 Å². The third-order valence-electron chi connectivity index (χ3n) is 3.78. The van der Waals surface area contributed by atoms with Gasteiger partial charge < -0.3 is 14.8 Å². The summed E-state index contributed by atoms with van der Waals surface area (Å²) < 4.78 is 11.7. The summed E-state index contributed by atoms with van der Waals surface area (Å²) in [6.45, 7) is 5.94. The summed E-state index contributed by atoms with van der Waals surface area (Å²) in [4.78, 5) is 0. The van der Waals surface area contributed by atoms with Gasteiger partial charge in [-0.3, -0.25) is 0 Å². The molecule has 2 aliphatic heterocycles. The van der Waals surface area contributed by atoms with E-state index >= 15 is 0 Å². The van der Waals surface area contributed by atoms with Crippen molar-refractivity contribution in [2.75, 3.05) is 26.3 Å². The van der Waals surface area contributed by atoms with Gasteiger partial charge in [-0.05, 0) is 37.4 Å². The molecule has 0 aromatic heterocycles. The van der Waals surface area contributed by atoms with Crippen LogP contribution in [0.15, 0.2) is 18.2 Å². The molecule has 0 spiro atoms. The van der Waals surface area contributed by atoms with Gasteiger partial charge >= 0.3 is 0 Å². The van der Waals surface area contributed by atoms with Crippen LogP contribution in [0.4, 0.5) is 0 Å². The molecule has 1 aromatic rings. The van der Waals surface area contributed by atoms with Crippen molar-refractivity contribution in [3.63, 3.8) is 0 Å². The maximum Gasteiger partial charge on any atom is 0.126 e. The molecule has 3 rings (SSSR count). The van der Waals surface area contributed by atoms with Gasteiger partial charge in [0.2, 0.25) is 0 Å². The number of benzene rings is 1. The number of ether oxygens (including phenoxy) is 2. The summed E-state index contributed by atoms with van der Waals surface area (Å²) in [5.41, 5.74) is 2.63. The normalized spacial score (nSPS) is 26.1. The smallest absolute Gasteiger partial charge is 0.126 e. The van der Waals surface area contributed by atoms with Crippen LogP contribution in [0.3, 0.4) is 0 Å². The Morgan fingerprint density at radius 3 is 3.17 bits per heavy atom. The quantitative estimate of drug-likeness (QED) is 0.882. The molecular formula is C15H21NO2. The van der Waals surface area contributed by atoms with Gasteiger partial charge in [-0.15, -0.1) is 0 Å². The van der Waals surface area contributed by atoms with Crippen molar-refractivity contribution in [2.24, 2.45) is 5.92 Å². The van der Waals surface area contributed by atoms with Crippen LogP contribution in [0.25, 0.3) is 0 Å². The van der Waals surface area contributed by atoms with E-state index in [4.69, 9.17) is 9.47 Å². The van der Waals surface area contributed by atoms with Crippen LogP contribution >= 0.6 is 0 Å². The lowest BCUT2D eigenvalue weighted by molar-refractivity contribution is 0.0443. The lowest BCUT2D eigenvalue weighted by Gasteiger charge is -2.13. The topological polar surface area (TPSA) is 30.5 Å². The third kappa shape index (κ3) is 2.68. The summed E-state index contributed by atoms with van der Waals surface area (Å²) in [6, 6.07) is 6.40. The predicted molar refractivity (Wildman–Crippen MR) is 71.1 cm³/mol. The molecule has 3 heteroatoms. The summed E-state index contributed by atoms with van der Waals surface area (Å²) in [6.07, 6.45) is 2.43. The van der Waals surface area contributed by atoms with E-state index < -0.39 is 0 Å². The van der Waals surface area contributed by atoms with Crippen molar-refractivity contribution in [1.82, 2.24) is 5.32 Å². The minimum atomic E-state index is 0.205. The number of hydrogen-bond donors (Lipinski definition) is 1. The molecule has 0 amide bonds. The molecule has 3 nitrogen and oxygen atoms in total. The first-order chi connectivity index (χ1) is 8.81. The number of fused-ring (bicyclic) bond motifs is 1. The summed E-state index contributed by atoms with van der Waals surface area (Å²) >= 11 is 0. The van der Waals surface area contributed by atoms with Crippen molar-refractivity contribution in [3.05, 3.63) is 29.3 Å². The second-order valence-corrected chi connectivity index (χ2v) is 5.45. The van der Waals surface area contributed by atoms with E-state index in [1.807, 2.05) is 0 Å². The summed E-state index contributed by atoms with van der Waals surface area (Å²) in [7, 11) is 0. The van der Waals surface area contributed by atoms with E-state index in [-0.39, 0.29) is 6.10 Å². The zero-order chi connectivity index (χ0) is 12.4. The van der Waals surface area contributed by atoms with Crippen LogP contribution in [-0.2, 0) is 11.2 Å². The first-order valence-electron chi connectivity index (χ1n) is 6.86. The Labute approximate surface area is 108 Å². The number of nitrogens with one attached hydrogen (secondary N) is 1. The van der Waals surface area contributed by atoms with Gasteiger partial charge in [0, 0.05) is 13.0 Å². The maximum absolute atomic E-state index is 5.89. The minimum Gasteiger partial charge on any atom is -0.487 e. The van der Waals surface area contributed by atoms with Gasteiger partial charge in [0.1, 0.15) is 11.9 Å². The molecule has 0 bridgehead atoms. The fourth-order valence-corrected chi connectivity index (χ4v) is 2.77. The van der Waals surface area contributed by atoms with Gasteiger partial charge in [0.15, 0.2) is 0 Å². The van der Waals surface area contributed by atoms with Crippen LogP contribution in [0.2, 0.25) is 0 Å². The maximum atomic E-state index is 5.89. The summed E-state index contributed by atoms with van der Waals surface area (Å²) in [5.74, 6) is 1.73. The number of aryl methyl sites for hydroxylation is 1. The molecule has 0 aliphatic carbocycles. The monoisotopic (exact) mass is 247 g/mol. The van der Waals surface area contributed by atoms with Crippen molar-refractivity contribution in [1.29, 1.82) is 0 Å². The fourth-order valence-electron chi connectivity index (χ4n) is 2.77. The number of hydrogen-bond acceptors (Lipinski definition) is 3. The largest absolute Gasteiger partial charge is 0.487 e. The Hall–Kier alpha value is -1.06.